The number of carbonyl (C=O) groups is 1. The summed E-state index contributed by atoms with van der Waals surface area (Å²) in [6.45, 7) is 4.17. The average Bonchev–Trinajstić information content (AvgIpc) is 2.56. The van der Waals surface area contributed by atoms with Gasteiger partial charge in [-0.05, 0) is 17.7 Å². The third kappa shape index (κ3) is 3.31. The second-order valence-electron chi connectivity index (χ2n) is 5.99. The molecule has 0 radical (unpaired) electrons. The number of hydrazone groups is 1. The SMILES string of the molecule is CC1(C)C=CN(C(=O)Nc2ccccc2)N=C1c1ccccc1. The fourth-order valence-electron chi connectivity index (χ4n) is 2.45. The number of carbonyl (C=O) groups excluding carboxylic acids is 1. The summed E-state index contributed by atoms with van der Waals surface area (Å²) in [5.74, 6) is 0. The molecule has 0 unspecified atom stereocenters. The van der Waals surface area contributed by atoms with E-state index >= 15 is 0 Å². The fraction of sp³-hybridized carbons (Fsp3) is 0.158. The van der Waals surface area contributed by atoms with Crippen molar-refractivity contribution < 1.29 is 4.79 Å². The van der Waals surface area contributed by atoms with Gasteiger partial charge < -0.3 is 5.32 Å². The molecule has 4 heteroatoms. The lowest BCUT2D eigenvalue weighted by Crippen LogP contribution is -2.35. The van der Waals surface area contributed by atoms with Crippen LogP contribution in [0.3, 0.4) is 0 Å². The van der Waals surface area contributed by atoms with E-state index in [1.165, 1.54) is 5.01 Å². The van der Waals surface area contributed by atoms with Crippen LogP contribution < -0.4 is 5.32 Å². The number of amides is 2. The average molecular weight is 305 g/mol. The molecule has 4 nitrogen and oxygen atoms in total. The van der Waals surface area contributed by atoms with Crippen molar-refractivity contribution in [2.24, 2.45) is 10.5 Å². The van der Waals surface area contributed by atoms with Crippen LogP contribution in [0.2, 0.25) is 0 Å². The van der Waals surface area contributed by atoms with Crippen LogP contribution in [-0.4, -0.2) is 16.8 Å². The third-order valence-electron chi connectivity index (χ3n) is 3.73. The standard InChI is InChI=1S/C19H19N3O/c1-19(2)13-14-22(18(23)20-16-11-7-4-8-12-16)21-17(19)15-9-5-3-6-10-15/h3-14H,1-2H3,(H,20,23). The number of para-hydroxylation sites is 1. The molecule has 0 aromatic heterocycles. The van der Waals surface area contributed by atoms with E-state index in [9.17, 15) is 4.79 Å². The quantitative estimate of drug-likeness (QED) is 0.873. The maximum Gasteiger partial charge on any atom is 0.346 e. The Hall–Kier alpha value is -2.88. The van der Waals surface area contributed by atoms with E-state index in [0.29, 0.717) is 0 Å². The van der Waals surface area contributed by atoms with E-state index in [2.05, 4.69) is 24.3 Å². The molecule has 2 aromatic carbocycles. The van der Waals surface area contributed by atoms with Crippen LogP contribution >= 0.6 is 0 Å². The molecular formula is C19H19N3O. The van der Waals surface area contributed by atoms with Crippen LogP contribution in [0.15, 0.2) is 78.0 Å². The highest BCUT2D eigenvalue weighted by Crippen LogP contribution is 2.28. The first-order chi connectivity index (χ1) is 11.1. The van der Waals surface area contributed by atoms with Gasteiger partial charge in [-0.1, -0.05) is 68.5 Å². The molecule has 1 aliphatic heterocycles. The van der Waals surface area contributed by atoms with Crippen LogP contribution in [0.25, 0.3) is 0 Å². The number of hydrogen-bond acceptors (Lipinski definition) is 2. The summed E-state index contributed by atoms with van der Waals surface area (Å²) in [4.78, 5) is 12.4. The van der Waals surface area contributed by atoms with Crippen molar-refractivity contribution in [1.82, 2.24) is 5.01 Å². The molecule has 0 bridgehead atoms. The predicted molar refractivity (Wildman–Crippen MR) is 93.2 cm³/mol. The molecule has 0 spiro atoms. The van der Waals surface area contributed by atoms with Gasteiger partial charge in [-0.3, -0.25) is 0 Å². The summed E-state index contributed by atoms with van der Waals surface area (Å²) in [6.07, 6.45) is 3.71. The summed E-state index contributed by atoms with van der Waals surface area (Å²) in [6, 6.07) is 19.0. The molecule has 0 aliphatic carbocycles. The highest BCUT2D eigenvalue weighted by Gasteiger charge is 2.29. The van der Waals surface area contributed by atoms with E-state index in [1.54, 1.807) is 6.20 Å². The van der Waals surface area contributed by atoms with E-state index in [0.717, 1.165) is 17.0 Å². The van der Waals surface area contributed by atoms with Gasteiger partial charge in [0.2, 0.25) is 0 Å². The number of hydrogen-bond donors (Lipinski definition) is 1. The highest BCUT2D eigenvalue weighted by molar-refractivity contribution is 6.07. The summed E-state index contributed by atoms with van der Waals surface area (Å²) >= 11 is 0. The second kappa shape index (κ2) is 6.08. The minimum Gasteiger partial charge on any atom is -0.306 e. The van der Waals surface area contributed by atoms with Gasteiger partial charge in [-0.2, -0.15) is 10.1 Å². The minimum absolute atomic E-state index is 0.231. The maximum atomic E-state index is 12.4. The Kier molecular flexibility index (Phi) is 3.98. The van der Waals surface area contributed by atoms with Crippen molar-refractivity contribution in [3.63, 3.8) is 0 Å². The molecule has 0 saturated heterocycles. The molecule has 1 heterocycles. The summed E-state index contributed by atoms with van der Waals surface area (Å²) < 4.78 is 0. The smallest absolute Gasteiger partial charge is 0.306 e. The number of anilines is 1. The first-order valence-electron chi connectivity index (χ1n) is 7.55. The van der Waals surface area contributed by atoms with Gasteiger partial charge in [0.15, 0.2) is 0 Å². The Morgan fingerprint density at radius 3 is 2.26 bits per heavy atom. The van der Waals surface area contributed by atoms with Crippen molar-refractivity contribution >= 4 is 17.4 Å². The van der Waals surface area contributed by atoms with Crippen molar-refractivity contribution in [2.45, 2.75) is 13.8 Å². The number of nitrogens with one attached hydrogen (secondary N) is 1. The summed E-state index contributed by atoms with van der Waals surface area (Å²) in [5.41, 5.74) is 2.39. The molecule has 3 rings (SSSR count). The highest BCUT2D eigenvalue weighted by atomic mass is 16.2. The van der Waals surface area contributed by atoms with Crippen LogP contribution in [0.4, 0.5) is 10.5 Å². The van der Waals surface area contributed by atoms with E-state index in [-0.39, 0.29) is 11.4 Å². The number of benzene rings is 2. The first-order valence-corrected chi connectivity index (χ1v) is 7.55. The molecule has 0 fully saturated rings. The Morgan fingerprint density at radius 2 is 1.61 bits per heavy atom. The number of allylic oxidation sites excluding steroid dienone is 1. The van der Waals surface area contributed by atoms with Crippen LogP contribution in [-0.2, 0) is 0 Å². The third-order valence-corrected chi connectivity index (χ3v) is 3.73. The zero-order valence-electron chi connectivity index (χ0n) is 13.2. The molecule has 2 amide bonds. The Bertz CT molecular complexity index is 749. The van der Waals surface area contributed by atoms with Gasteiger partial charge in [0.25, 0.3) is 0 Å². The molecule has 1 aliphatic rings. The lowest BCUT2D eigenvalue weighted by atomic mass is 9.83. The minimum atomic E-state index is -0.281. The van der Waals surface area contributed by atoms with Gasteiger partial charge in [0.05, 0.1) is 5.71 Å². The molecule has 1 N–H and O–H groups in total. The fourth-order valence-corrected chi connectivity index (χ4v) is 2.45. The van der Waals surface area contributed by atoms with E-state index in [1.807, 2.05) is 66.7 Å². The van der Waals surface area contributed by atoms with E-state index < -0.39 is 0 Å². The van der Waals surface area contributed by atoms with Gasteiger partial charge in [0, 0.05) is 17.3 Å². The monoisotopic (exact) mass is 305 g/mol. The zero-order chi connectivity index (χ0) is 16.3. The molecule has 2 aromatic rings. The number of nitrogens with zero attached hydrogens (tertiary/aromatic N) is 2. The normalized spacial score (nSPS) is 15.9. The predicted octanol–water partition coefficient (Wildman–Crippen LogP) is 4.48. The second-order valence-corrected chi connectivity index (χ2v) is 5.99. The van der Waals surface area contributed by atoms with Crippen molar-refractivity contribution in [3.05, 3.63) is 78.5 Å². The maximum absolute atomic E-state index is 12.4. The molecule has 23 heavy (non-hydrogen) atoms. The van der Waals surface area contributed by atoms with Crippen LogP contribution in [0, 0.1) is 5.41 Å². The largest absolute Gasteiger partial charge is 0.346 e. The van der Waals surface area contributed by atoms with Crippen molar-refractivity contribution in [3.8, 4) is 0 Å². The number of rotatable bonds is 2. The Labute approximate surface area is 136 Å². The van der Waals surface area contributed by atoms with E-state index in [4.69, 9.17) is 0 Å². The lowest BCUT2D eigenvalue weighted by molar-refractivity contribution is 0.228. The first kappa shape index (κ1) is 15.0. The van der Waals surface area contributed by atoms with Crippen molar-refractivity contribution in [1.29, 1.82) is 0 Å². The van der Waals surface area contributed by atoms with Gasteiger partial charge in [-0.25, -0.2) is 4.79 Å². The summed E-state index contributed by atoms with van der Waals surface area (Å²) in [5, 5.41) is 8.74. The Morgan fingerprint density at radius 1 is 1.00 bits per heavy atom. The molecular weight excluding hydrogens is 286 g/mol. The van der Waals surface area contributed by atoms with Crippen LogP contribution in [0.5, 0.6) is 0 Å². The summed E-state index contributed by atoms with van der Waals surface area (Å²) in [7, 11) is 0. The molecule has 116 valence electrons. The lowest BCUT2D eigenvalue weighted by Gasteiger charge is -2.30. The molecule has 0 atom stereocenters. The zero-order valence-corrected chi connectivity index (χ0v) is 13.2. The van der Waals surface area contributed by atoms with Gasteiger partial charge in [-0.15, -0.1) is 0 Å². The number of urea groups is 1. The van der Waals surface area contributed by atoms with Gasteiger partial charge >= 0.3 is 6.03 Å². The molecule has 0 saturated carbocycles. The Balaban J connectivity index is 1.86. The van der Waals surface area contributed by atoms with Crippen molar-refractivity contribution in [2.75, 3.05) is 5.32 Å². The van der Waals surface area contributed by atoms with Crippen LogP contribution in [0.1, 0.15) is 19.4 Å². The topological polar surface area (TPSA) is 44.7 Å². The van der Waals surface area contributed by atoms with Gasteiger partial charge in [0.1, 0.15) is 0 Å².